The summed E-state index contributed by atoms with van der Waals surface area (Å²) in [6.45, 7) is 1.33. The molecule has 18 heavy (non-hydrogen) atoms. The number of benzene rings is 1. The number of rotatable bonds is 3. The van der Waals surface area contributed by atoms with Crippen LogP contribution in [0.25, 0.3) is 11.4 Å². The smallest absolute Gasteiger partial charge is 0.328 e. The summed E-state index contributed by atoms with van der Waals surface area (Å²) in [5, 5.41) is 19.1. The molecule has 94 valence electrons. The minimum absolute atomic E-state index is 0.137. The Labute approximate surface area is 99.9 Å². The molecule has 0 aliphatic heterocycles. The predicted octanol–water partition coefficient (Wildman–Crippen LogP) is 1.26. The quantitative estimate of drug-likeness (QED) is 0.891. The first-order valence-electron chi connectivity index (χ1n) is 4.97. The lowest BCUT2D eigenvalue weighted by atomic mass is 10.2. The average Bonchev–Trinajstić information content (AvgIpc) is 2.80. The topological polar surface area (TPSA) is 80.9 Å². The van der Waals surface area contributed by atoms with Crippen LogP contribution in [0.4, 0.5) is 8.78 Å². The van der Waals surface area contributed by atoms with Crippen molar-refractivity contribution in [2.75, 3.05) is 0 Å². The number of nitrogens with zero attached hydrogens (tertiary/aromatic N) is 4. The maximum Gasteiger partial charge on any atom is 0.328 e. The fourth-order valence-corrected chi connectivity index (χ4v) is 1.41. The van der Waals surface area contributed by atoms with Crippen molar-refractivity contribution in [3.63, 3.8) is 0 Å². The van der Waals surface area contributed by atoms with Crippen molar-refractivity contribution in [2.24, 2.45) is 0 Å². The molecule has 1 N–H and O–H groups in total. The van der Waals surface area contributed by atoms with Gasteiger partial charge in [0, 0.05) is 0 Å². The molecule has 0 aliphatic rings. The van der Waals surface area contributed by atoms with E-state index < -0.39 is 23.6 Å². The van der Waals surface area contributed by atoms with Crippen molar-refractivity contribution in [3.05, 3.63) is 29.8 Å². The molecule has 0 fully saturated rings. The first-order valence-corrected chi connectivity index (χ1v) is 4.97. The van der Waals surface area contributed by atoms with Crippen LogP contribution in [0.15, 0.2) is 18.2 Å². The second kappa shape index (κ2) is 4.47. The number of hydrogen-bond donors (Lipinski definition) is 1. The van der Waals surface area contributed by atoms with E-state index in [1.54, 1.807) is 0 Å². The Morgan fingerprint density at radius 2 is 2.17 bits per heavy atom. The number of halogens is 2. The molecule has 0 bridgehead atoms. The zero-order valence-electron chi connectivity index (χ0n) is 9.21. The van der Waals surface area contributed by atoms with Crippen LogP contribution in [-0.2, 0) is 4.79 Å². The molecule has 0 saturated heterocycles. The number of carbonyl (C=O) groups is 1. The third kappa shape index (κ3) is 1.92. The Kier molecular flexibility index (Phi) is 3.00. The van der Waals surface area contributed by atoms with E-state index in [2.05, 4.69) is 15.5 Å². The minimum Gasteiger partial charge on any atom is -0.480 e. The van der Waals surface area contributed by atoms with Gasteiger partial charge in [0.1, 0.15) is 0 Å². The Bertz CT molecular complexity index is 599. The van der Waals surface area contributed by atoms with E-state index in [1.165, 1.54) is 19.1 Å². The van der Waals surface area contributed by atoms with Crippen LogP contribution in [0.3, 0.4) is 0 Å². The Morgan fingerprint density at radius 1 is 1.44 bits per heavy atom. The van der Waals surface area contributed by atoms with Crippen LogP contribution in [-0.4, -0.2) is 31.3 Å². The van der Waals surface area contributed by atoms with Gasteiger partial charge in [-0.3, -0.25) is 0 Å². The summed E-state index contributed by atoms with van der Waals surface area (Å²) in [5.41, 5.74) is -0.187. The monoisotopic (exact) mass is 254 g/mol. The van der Waals surface area contributed by atoms with Crippen LogP contribution in [0, 0.1) is 11.6 Å². The molecular formula is C10H8F2N4O2. The lowest BCUT2D eigenvalue weighted by Gasteiger charge is -2.09. The standard InChI is InChI=1S/C10H8F2N4O2/c1-5(10(17)18)16-9(13-14-15-16)6-3-2-4-7(11)8(6)12/h2-5H,1H3,(H,17,18). The molecule has 0 radical (unpaired) electrons. The highest BCUT2D eigenvalue weighted by Gasteiger charge is 2.22. The van der Waals surface area contributed by atoms with E-state index in [4.69, 9.17) is 5.11 Å². The molecule has 0 aliphatic carbocycles. The van der Waals surface area contributed by atoms with Gasteiger partial charge >= 0.3 is 5.97 Å². The van der Waals surface area contributed by atoms with E-state index in [-0.39, 0.29) is 11.4 Å². The lowest BCUT2D eigenvalue weighted by Crippen LogP contribution is -2.18. The Hall–Kier alpha value is -2.38. The van der Waals surface area contributed by atoms with Crippen LogP contribution < -0.4 is 0 Å². The SMILES string of the molecule is CC(C(=O)O)n1nnnc1-c1cccc(F)c1F. The van der Waals surface area contributed by atoms with E-state index >= 15 is 0 Å². The molecule has 1 atom stereocenters. The van der Waals surface area contributed by atoms with Gasteiger partial charge in [0.25, 0.3) is 0 Å². The molecule has 1 aromatic heterocycles. The number of hydrogen-bond acceptors (Lipinski definition) is 4. The number of carboxylic acids is 1. The molecule has 2 aromatic rings. The van der Waals surface area contributed by atoms with Gasteiger partial charge in [0.15, 0.2) is 23.5 Å². The first kappa shape index (κ1) is 12.1. The van der Waals surface area contributed by atoms with Gasteiger partial charge in [-0.15, -0.1) is 5.10 Å². The minimum atomic E-state index is -1.18. The van der Waals surface area contributed by atoms with Crippen LogP contribution >= 0.6 is 0 Å². The van der Waals surface area contributed by atoms with Crippen molar-refractivity contribution in [3.8, 4) is 11.4 Å². The van der Waals surface area contributed by atoms with Crippen molar-refractivity contribution in [1.29, 1.82) is 0 Å². The number of aromatic nitrogens is 4. The maximum absolute atomic E-state index is 13.6. The highest BCUT2D eigenvalue weighted by molar-refractivity contribution is 5.72. The fourth-order valence-electron chi connectivity index (χ4n) is 1.41. The zero-order chi connectivity index (χ0) is 13.3. The van der Waals surface area contributed by atoms with E-state index in [9.17, 15) is 13.6 Å². The number of tetrazole rings is 1. The molecule has 1 heterocycles. The number of aliphatic carboxylic acids is 1. The highest BCUT2D eigenvalue weighted by Crippen LogP contribution is 2.23. The largest absolute Gasteiger partial charge is 0.480 e. The highest BCUT2D eigenvalue weighted by atomic mass is 19.2. The van der Waals surface area contributed by atoms with Crippen LogP contribution in [0.1, 0.15) is 13.0 Å². The normalized spacial score (nSPS) is 12.4. The summed E-state index contributed by atoms with van der Waals surface area (Å²) in [4.78, 5) is 10.8. The number of carboxylic acid groups (broad SMARTS) is 1. The van der Waals surface area contributed by atoms with E-state index in [1.807, 2.05) is 0 Å². The van der Waals surface area contributed by atoms with Gasteiger partial charge in [0.05, 0.1) is 5.56 Å². The van der Waals surface area contributed by atoms with Gasteiger partial charge in [-0.2, -0.15) is 0 Å². The molecule has 8 heteroatoms. The lowest BCUT2D eigenvalue weighted by molar-refractivity contribution is -0.140. The molecule has 6 nitrogen and oxygen atoms in total. The third-order valence-corrected chi connectivity index (χ3v) is 2.41. The molecule has 0 spiro atoms. The summed E-state index contributed by atoms with van der Waals surface area (Å²) >= 11 is 0. The van der Waals surface area contributed by atoms with Gasteiger partial charge in [-0.1, -0.05) is 6.07 Å². The third-order valence-electron chi connectivity index (χ3n) is 2.41. The second-order valence-corrected chi connectivity index (χ2v) is 3.56. The fraction of sp³-hybridized carbons (Fsp3) is 0.200. The molecule has 2 rings (SSSR count). The predicted molar refractivity (Wildman–Crippen MR) is 55.5 cm³/mol. The molecule has 1 unspecified atom stereocenters. The van der Waals surface area contributed by atoms with Crippen molar-refractivity contribution >= 4 is 5.97 Å². The van der Waals surface area contributed by atoms with Crippen LogP contribution in [0.5, 0.6) is 0 Å². The van der Waals surface area contributed by atoms with Crippen molar-refractivity contribution < 1.29 is 18.7 Å². The molecular weight excluding hydrogens is 246 g/mol. The molecule has 1 aromatic carbocycles. The Balaban J connectivity index is 2.56. The maximum atomic E-state index is 13.6. The van der Waals surface area contributed by atoms with E-state index in [0.717, 1.165) is 10.7 Å². The Morgan fingerprint density at radius 3 is 2.83 bits per heavy atom. The van der Waals surface area contributed by atoms with Crippen molar-refractivity contribution in [2.45, 2.75) is 13.0 Å². The molecule has 0 amide bonds. The molecule has 0 saturated carbocycles. The summed E-state index contributed by atoms with van der Waals surface area (Å²) in [5.74, 6) is -3.49. The van der Waals surface area contributed by atoms with E-state index in [0.29, 0.717) is 0 Å². The van der Waals surface area contributed by atoms with Crippen LogP contribution in [0.2, 0.25) is 0 Å². The van der Waals surface area contributed by atoms with Gasteiger partial charge in [-0.25, -0.2) is 18.3 Å². The summed E-state index contributed by atoms with van der Waals surface area (Å²) in [6.07, 6.45) is 0. The summed E-state index contributed by atoms with van der Waals surface area (Å²) < 4.78 is 27.6. The average molecular weight is 254 g/mol. The summed E-state index contributed by atoms with van der Waals surface area (Å²) in [6, 6.07) is 2.43. The first-order chi connectivity index (χ1) is 8.52. The van der Waals surface area contributed by atoms with Crippen molar-refractivity contribution in [1.82, 2.24) is 20.2 Å². The van der Waals surface area contributed by atoms with Gasteiger partial charge < -0.3 is 5.11 Å². The van der Waals surface area contributed by atoms with Gasteiger partial charge in [-0.05, 0) is 29.5 Å². The summed E-state index contributed by atoms with van der Waals surface area (Å²) in [7, 11) is 0. The van der Waals surface area contributed by atoms with Gasteiger partial charge in [0.2, 0.25) is 0 Å². The second-order valence-electron chi connectivity index (χ2n) is 3.56. The zero-order valence-corrected chi connectivity index (χ0v) is 9.21.